The molecule has 20 heavy (non-hydrogen) atoms. The summed E-state index contributed by atoms with van der Waals surface area (Å²) in [6.07, 6.45) is 6.21. The van der Waals surface area contributed by atoms with Gasteiger partial charge in [0, 0.05) is 12.1 Å². The van der Waals surface area contributed by atoms with E-state index in [2.05, 4.69) is 4.90 Å². The molecule has 108 valence electrons. The van der Waals surface area contributed by atoms with Crippen molar-refractivity contribution in [3.05, 3.63) is 23.8 Å². The first-order chi connectivity index (χ1) is 9.65. The summed E-state index contributed by atoms with van der Waals surface area (Å²) in [4.78, 5) is 14.6. The Morgan fingerprint density at radius 1 is 1.20 bits per heavy atom. The molecule has 0 radical (unpaired) electrons. The molecule has 0 bridgehead atoms. The molecule has 4 heteroatoms. The first kappa shape index (κ1) is 13.4. The molecule has 1 saturated heterocycles. The van der Waals surface area contributed by atoms with Gasteiger partial charge in [-0.05, 0) is 50.3 Å². The van der Waals surface area contributed by atoms with Crippen LogP contribution in [-0.2, 0) is 0 Å². The molecule has 0 amide bonds. The van der Waals surface area contributed by atoms with Crippen LogP contribution in [0.4, 0.5) is 0 Å². The lowest BCUT2D eigenvalue weighted by atomic mass is 9.91. The summed E-state index contributed by atoms with van der Waals surface area (Å²) in [5.74, 6) is 0.544. The Bertz CT molecular complexity index is 514. The van der Waals surface area contributed by atoms with Crippen molar-refractivity contribution in [2.45, 2.75) is 38.1 Å². The number of Topliss-reactive ketones (excluding diaryl/α,β-unsaturated/α-hetero) is 1. The van der Waals surface area contributed by atoms with Crippen LogP contribution in [0.2, 0.25) is 0 Å². The molecule has 2 atom stereocenters. The van der Waals surface area contributed by atoms with Gasteiger partial charge in [0.2, 0.25) is 0 Å². The van der Waals surface area contributed by atoms with E-state index in [0.717, 1.165) is 18.9 Å². The van der Waals surface area contributed by atoms with Gasteiger partial charge in [-0.1, -0.05) is 6.42 Å². The Labute approximate surface area is 119 Å². The maximum absolute atomic E-state index is 12.4. The van der Waals surface area contributed by atoms with Crippen molar-refractivity contribution < 1.29 is 15.0 Å². The van der Waals surface area contributed by atoms with E-state index in [0.29, 0.717) is 18.2 Å². The summed E-state index contributed by atoms with van der Waals surface area (Å²) < 4.78 is 0. The van der Waals surface area contributed by atoms with Crippen LogP contribution >= 0.6 is 0 Å². The molecule has 4 nitrogen and oxygen atoms in total. The number of hydrogen-bond donors (Lipinski definition) is 2. The van der Waals surface area contributed by atoms with E-state index in [-0.39, 0.29) is 17.3 Å². The summed E-state index contributed by atoms with van der Waals surface area (Å²) in [6.45, 7) is 1.35. The van der Waals surface area contributed by atoms with E-state index in [1.54, 1.807) is 0 Å². The van der Waals surface area contributed by atoms with Crippen LogP contribution in [0, 0.1) is 5.92 Å². The van der Waals surface area contributed by atoms with E-state index in [1.165, 1.54) is 43.9 Å². The van der Waals surface area contributed by atoms with Gasteiger partial charge in [0.1, 0.15) is 11.5 Å². The Morgan fingerprint density at radius 2 is 2.00 bits per heavy atom. The van der Waals surface area contributed by atoms with Gasteiger partial charge >= 0.3 is 0 Å². The molecule has 1 aliphatic carbocycles. The van der Waals surface area contributed by atoms with Crippen molar-refractivity contribution in [3.63, 3.8) is 0 Å². The fraction of sp³-hybridized carbons (Fsp3) is 0.562. The van der Waals surface area contributed by atoms with Crippen molar-refractivity contribution in [1.82, 2.24) is 4.90 Å². The second kappa shape index (κ2) is 5.44. The summed E-state index contributed by atoms with van der Waals surface area (Å²) in [5.41, 5.74) is 0.308. The highest BCUT2D eigenvalue weighted by Gasteiger charge is 2.35. The molecule has 1 heterocycles. The van der Waals surface area contributed by atoms with Gasteiger partial charge in [0.25, 0.3) is 0 Å². The van der Waals surface area contributed by atoms with Crippen molar-refractivity contribution in [2.75, 3.05) is 13.1 Å². The monoisotopic (exact) mass is 275 g/mol. The zero-order valence-corrected chi connectivity index (χ0v) is 11.6. The minimum absolute atomic E-state index is 0.0205. The van der Waals surface area contributed by atoms with Gasteiger partial charge < -0.3 is 10.2 Å². The average molecular weight is 275 g/mol. The predicted molar refractivity (Wildman–Crippen MR) is 76.0 cm³/mol. The summed E-state index contributed by atoms with van der Waals surface area (Å²) in [7, 11) is 0. The topological polar surface area (TPSA) is 60.8 Å². The van der Waals surface area contributed by atoms with E-state index >= 15 is 0 Å². The minimum atomic E-state index is -0.130. The van der Waals surface area contributed by atoms with Gasteiger partial charge in [-0.2, -0.15) is 0 Å². The Kier molecular flexibility index (Phi) is 3.66. The molecular formula is C16H21NO3. The number of fused-ring (bicyclic) bond motifs is 1. The lowest BCUT2D eigenvalue weighted by molar-refractivity contribution is 0.0774. The fourth-order valence-electron chi connectivity index (χ4n) is 3.78. The number of benzene rings is 1. The highest BCUT2D eigenvalue weighted by atomic mass is 16.3. The van der Waals surface area contributed by atoms with Gasteiger partial charge in [0.05, 0.1) is 12.1 Å². The standard InChI is InChI=1S/C16H21NO3/c18-12-6-7-13(15(19)9-12)16(20)10-17-8-2-4-11-3-1-5-14(11)17/h6-7,9,11,14,18-19H,1-5,8,10H2. The van der Waals surface area contributed by atoms with Gasteiger partial charge in [-0.3, -0.25) is 9.69 Å². The first-order valence-corrected chi connectivity index (χ1v) is 7.44. The molecule has 2 N–H and O–H groups in total. The smallest absolute Gasteiger partial charge is 0.180 e. The van der Waals surface area contributed by atoms with Gasteiger partial charge in [0.15, 0.2) is 5.78 Å². The van der Waals surface area contributed by atoms with E-state index < -0.39 is 0 Å². The third kappa shape index (κ3) is 2.52. The number of likely N-dealkylation sites (tertiary alicyclic amines) is 1. The number of phenols is 2. The van der Waals surface area contributed by atoms with Crippen LogP contribution < -0.4 is 0 Å². The molecule has 1 saturated carbocycles. The molecular weight excluding hydrogens is 254 g/mol. The number of phenolic OH excluding ortho intramolecular Hbond substituents is 2. The predicted octanol–water partition coefficient (Wildman–Crippen LogP) is 2.55. The largest absolute Gasteiger partial charge is 0.508 e. The third-order valence-corrected chi connectivity index (χ3v) is 4.74. The molecule has 2 unspecified atom stereocenters. The number of rotatable bonds is 3. The maximum Gasteiger partial charge on any atom is 0.180 e. The van der Waals surface area contributed by atoms with Crippen LogP contribution in [0.3, 0.4) is 0 Å². The van der Waals surface area contributed by atoms with Crippen LogP contribution in [0.25, 0.3) is 0 Å². The molecule has 1 aliphatic heterocycles. The molecule has 3 rings (SSSR count). The number of hydrogen-bond acceptors (Lipinski definition) is 4. The first-order valence-electron chi connectivity index (χ1n) is 7.44. The number of aromatic hydroxyl groups is 2. The second-order valence-electron chi connectivity index (χ2n) is 6.00. The van der Waals surface area contributed by atoms with Gasteiger partial charge in [-0.25, -0.2) is 0 Å². The maximum atomic E-state index is 12.4. The van der Waals surface area contributed by atoms with Crippen molar-refractivity contribution >= 4 is 5.78 Å². The molecule has 2 fully saturated rings. The van der Waals surface area contributed by atoms with Crippen LogP contribution in [0.5, 0.6) is 11.5 Å². The lowest BCUT2D eigenvalue weighted by Gasteiger charge is -2.37. The van der Waals surface area contributed by atoms with Crippen molar-refractivity contribution in [2.24, 2.45) is 5.92 Å². The molecule has 0 aromatic heterocycles. The summed E-state index contributed by atoms with van der Waals surface area (Å²) in [6, 6.07) is 4.72. The quantitative estimate of drug-likeness (QED) is 0.832. The molecule has 1 aromatic carbocycles. The molecule has 1 aromatic rings. The van der Waals surface area contributed by atoms with Crippen molar-refractivity contribution in [1.29, 1.82) is 0 Å². The number of piperidine rings is 1. The van der Waals surface area contributed by atoms with Crippen molar-refractivity contribution in [3.8, 4) is 11.5 Å². The highest BCUT2D eigenvalue weighted by molar-refractivity contribution is 6.00. The van der Waals surface area contributed by atoms with Gasteiger partial charge in [-0.15, -0.1) is 0 Å². The zero-order chi connectivity index (χ0) is 14.1. The average Bonchev–Trinajstić information content (AvgIpc) is 2.87. The minimum Gasteiger partial charge on any atom is -0.508 e. The number of carbonyl (C=O) groups is 1. The third-order valence-electron chi connectivity index (χ3n) is 4.74. The Morgan fingerprint density at radius 3 is 2.80 bits per heavy atom. The van der Waals surface area contributed by atoms with E-state index in [9.17, 15) is 15.0 Å². The lowest BCUT2D eigenvalue weighted by Crippen LogP contribution is -2.45. The highest BCUT2D eigenvalue weighted by Crippen LogP contribution is 2.36. The van der Waals surface area contributed by atoms with Crippen LogP contribution in [-0.4, -0.2) is 40.0 Å². The summed E-state index contributed by atoms with van der Waals surface area (Å²) in [5, 5.41) is 19.1. The molecule has 2 aliphatic rings. The normalized spacial score (nSPS) is 26.4. The van der Waals surface area contributed by atoms with E-state index in [4.69, 9.17) is 0 Å². The van der Waals surface area contributed by atoms with E-state index in [1.807, 2.05) is 0 Å². The second-order valence-corrected chi connectivity index (χ2v) is 6.00. The SMILES string of the molecule is O=C(CN1CCCC2CCCC21)c1ccc(O)cc1O. The fourth-order valence-corrected chi connectivity index (χ4v) is 3.78. The number of ketones is 1. The Balaban J connectivity index is 1.72. The van der Waals surface area contributed by atoms with Crippen LogP contribution in [0.15, 0.2) is 18.2 Å². The number of carbonyl (C=O) groups excluding carboxylic acids is 1. The zero-order valence-electron chi connectivity index (χ0n) is 11.6. The number of nitrogens with zero attached hydrogens (tertiary/aromatic N) is 1. The molecule has 0 spiro atoms. The summed E-state index contributed by atoms with van der Waals surface area (Å²) >= 11 is 0. The van der Waals surface area contributed by atoms with Crippen LogP contribution in [0.1, 0.15) is 42.5 Å². The Hall–Kier alpha value is -1.55.